The van der Waals surface area contributed by atoms with E-state index in [1.807, 2.05) is 12.1 Å². The monoisotopic (exact) mass is 323 g/mol. The molecule has 0 spiro atoms. The number of amidine groups is 1. The fourth-order valence-electron chi connectivity index (χ4n) is 1.70. The van der Waals surface area contributed by atoms with Crippen LogP contribution in [0, 0.1) is 5.41 Å². The molecule has 22 heavy (non-hydrogen) atoms. The number of carbonyl (C=O) groups is 2. The van der Waals surface area contributed by atoms with Gasteiger partial charge in [-0.2, -0.15) is 0 Å². The fraction of sp³-hybridized carbons (Fsp3) is 0.400. The zero-order valence-corrected chi connectivity index (χ0v) is 13.8. The summed E-state index contributed by atoms with van der Waals surface area (Å²) in [5.74, 6) is -0.308. The van der Waals surface area contributed by atoms with Crippen molar-refractivity contribution >= 4 is 29.8 Å². The first-order valence-corrected chi connectivity index (χ1v) is 7.22. The fourth-order valence-corrected chi connectivity index (χ4v) is 1.82. The van der Waals surface area contributed by atoms with Gasteiger partial charge in [-0.05, 0) is 31.9 Å². The molecule has 0 unspecified atom stereocenters. The van der Waals surface area contributed by atoms with Crippen molar-refractivity contribution < 1.29 is 14.3 Å². The lowest BCUT2D eigenvalue weighted by Crippen LogP contribution is -2.32. The maximum Gasteiger partial charge on any atom is 0.407 e. The SMILES string of the molecule is CC(C)(C)OC(=O)NCc1cccc(CC(=O)NC(=N)S)c1. The molecule has 1 rings (SSSR count). The van der Waals surface area contributed by atoms with E-state index in [1.54, 1.807) is 32.9 Å². The maximum absolute atomic E-state index is 11.6. The zero-order chi connectivity index (χ0) is 16.8. The second-order valence-electron chi connectivity index (χ2n) is 5.75. The normalized spacial score (nSPS) is 10.7. The maximum atomic E-state index is 11.6. The Bertz CT molecular complexity index is 567. The number of thiol groups is 1. The number of hydrogen-bond donors (Lipinski definition) is 4. The van der Waals surface area contributed by atoms with Crippen LogP contribution in [0.1, 0.15) is 31.9 Å². The third kappa shape index (κ3) is 7.68. The molecule has 0 saturated carbocycles. The highest BCUT2D eigenvalue weighted by Crippen LogP contribution is 2.09. The quantitative estimate of drug-likeness (QED) is 0.389. The first kappa shape index (κ1) is 18.0. The number of nitrogens with one attached hydrogen (secondary N) is 3. The van der Waals surface area contributed by atoms with Gasteiger partial charge in [-0.3, -0.25) is 10.2 Å². The van der Waals surface area contributed by atoms with Gasteiger partial charge in [0, 0.05) is 6.54 Å². The summed E-state index contributed by atoms with van der Waals surface area (Å²) < 4.78 is 5.15. The molecule has 0 aliphatic carbocycles. The van der Waals surface area contributed by atoms with E-state index in [-0.39, 0.29) is 17.5 Å². The summed E-state index contributed by atoms with van der Waals surface area (Å²) in [5, 5.41) is 11.9. The minimum absolute atomic E-state index is 0.142. The van der Waals surface area contributed by atoms with Crippen molar-refractivity contribution in [2.75, 3.05) is 0 Å². The van der Waals surface area contributed by atoms with Crippen molar-refractivity contribution in [3.63, 3.8) is 0 Å². The second kappa shape index (κ2) is 7.84. The Balaban J connectivity index is 2.56. The van der Waals surface area contributed by atoms with Crippen molar-refractivity contribution in [2.24, 2.45) is 0 Å². The molecule has 0 bridgehead atoms. The predicted molar refractivity (Wildman–Crippen MR) is 88.1 cm³/mol. The van der Waals surface area contributed by atoms with E-state index in [2.05, 4.69) is 23.3 Å². The van der Waals surface area contributed by atoms with E-state index in [4.69, 9.17) is 10.1 Å². The molecular weight excluding hydrogens is 302 g/mol. The van der Waals surface area contributed by atoms with Gasteiger partial charge < -0.3 is 15.4 Å². The van der Waals surface area contributed by atoms with Crippen LogP contribution in [0.25, 0.3) is 0 Å². The molecule has 0 fully saturated rings. The molecule has 7 heteroatoms. The molecule has 1 aromatic carbocycles. The Hall–Kier alpha value is -2.02. The third-order valence-electron chi connectivity index (χ3n) is 2.45. The van der Waals surface area contributed by atoms with Crippen LogP contribution in [-0.2, 0) is 22.5 Å². The van der Waals surface area contributed by atoms with E-state index < -0.39 is 11.7 Å². The first-order valence-electron chi connectivity index (χ1n) is 6.78. The minimum atomic E-state index is -0.540. The highest BCUT2D eigenvalue weighted by molar-refractivity contribution is 7.96. The molecule has 3 N–H and O–H groups in total. The topological polar surface area (TPSA) is 91.3 Å². The van der Waals surface area contributed by atoms with Gasteiger partial charge in [-0.15, -0.1) is 12.6 Å². The van der Waals surface area contributed by atoms with Crippen molar-refractivity contribution in [3.05, 3.63) is 35.4 Å². The van der Waals surface area contributed by atoms with Gasteiger partial charge in [0.25, 0.3) is 0 Å². The summed E-state index contributed by atoms with van der Waals surface area (Å²) in [4.78, 5) is 23.2. The van der Waals surface area contributed by atoms with E-state index in [1.165, 1.54) is 0 Å². The largest absolute Gasteiger partial charge is 0.444 e. The van der Waals surface area contributed by atoms with Gasteiger partial charge in [0.15, 0.2) is 5.17 Å². The van der Waals surface area contributed by atoms with E-state index >= 15 is 0 Å². The van der Waals surface area contributed by atoms with Gasteiger partial charge in [0.1, 0.15) is 5.60 Å². The van der Waals surface area contributed by atoms with Crippen LogP contribution >= 0.6 is 12.6 Å². The Morgan fingerprint density at radius 2 is 1.91 bits per heavy atom. The molecule has 0 aliphatic rings. The molecule has 0 radical (unpaired) electrons. The van der Waals surface area contributed by atoms with Crippen LogP contribution in [0.5, 0.6) is 0 Å². The van der Waals surface area contributed by atoms with Gasteiger partial charge in [0.2, 0.25) is 5.91 Å². The van der Waals surface area contributed by atoms with Gasteiger partial charge in [-0.1, -0.05) is 24.3 Å². The summed E-state index contributed by atoms with van der Waals surface area (Å²) in [5.41, 5.74) is 1.11. The van der Waals surface area contributed by atoms with Crippen molar-refractivity contribution in [1.29, 1.82) is 5.41 Å². The molecule has 120 valence electrons. The van der Waals surface area contributed by atoms with Crippen LogP contribution in [0.15, 0.2) is 24.3 Å². The standard InChI is InChI=1S/C15H21N3O3S/c1-15(2,3)21-14(20)17-9-11-6-4-5-10(7-11)8-12(19)18-13(16)22/h4-7H,8-9H2,1-3H3,(H,17,20)(H3,16,18,19,22). The number of rotatable bonds is 4. The zero-order valence-electron chi connectivity index (χ0n) is 12.9. The number of benzene rings is 1. The molecule has 0 atom stereocenters. The molecule has 0 heterocycles. The minimum Gasteiger partial charge on any atom is -0.444 e. The van der Waals surface area contributed by atoms with E-state index in [9.17, 15) is 9.59 Å². The number of amides is 2. The Morgan fingerprint density at radius 1 is 1.27 bits per heavy atom. The Labute approximate surface area is 135 Å². The summed E-state index contributed by atoms with van der Waals surface area (Å²) in [6.07, 6.45) is -0.345. The number of alkyl carbamates (subject to hydrolysis) is 1. The molecule has 2 amide bonds. The van der Waals surface area contributed by atoms with Crippen LogP contribution in [0.3, 0.4) is 0 Å². The first-order chi connectivity index (χ1) is 10.2. The summed E-state index contributed by atoms with van der Waals surface area (Å²) >= 11 is 3.70. The van der Waals surface area contributed by atoms with Crippen LogP contribution in [0.4, 0.5) is 4.79 Å². The molecule has 0 aliphatic heterocycles. The van der Waals surface area contributed by atoms with Crippen LogP contribution in [-0.4, -0.2) is 22.8 Å². The van der Waals surface area contributed by atoms with E-state index in [0.29, 0.717) is 6.54 Å². The highest BCUT2D eigenvalue weighted by Gasteiger charge is 2.15. The molecular formula is C15H21N3O3S. The molecule has 6 nitrogen and oxygen atoms in total. The molecule has 0 saturated heterocycles. The van der Waals surface area contributed by atoms with Crippen molar-refractivity contribution in [3.8, 4) is 0 Å². The molecule has 0 aromatic heterocycles. The number of ether oxygens (including phenoxy) is 1. The van der Waals surface area contributed by atoms with Crippen LogP contribution in [0.2, 0.25) is 0 Å². The van der Waals surface area contributed by atoms with E-state index in [0.717, 1.165) is 11.1 Å². The average molecular weight is 323 g/mol. The second-order valence-corrected chi connectivity index (χ2v) is 6.20. The third-order valence-corrected chi connectivity index (χ3v) is 2.56. The Kier molecular flexibility index (Phi) is 6.42. The Morgan fingerprint density at radius 3 is 2.50 bits per heavy atom. The number of hydrogen-bond acceptors (Lipinski definition) is 4. The summed E-state index contributed by atoms with van der Waals surface area (Å²) in [6.45, 7) is 5.70. The number of carbonyl (C=O) groups excluding carboxylic acids is 2. The smallest absolute Gasteiger partial charge is 0.407 e. The lowest BCUT2D eigenvalue weighted by Gasteiger charge is -2.19. The lowest BCUT2D eigenvalue weighted by molar-refractivity contribution is -0.119. The van der Waals surface area contributed by atoms with Gasteiger partial charge >= 0.3 is 6.09 Å². The van der Waals surface area contributed by atoms with Gasteiger partial charge in [-0.25, -0.2) is 4.79 Å². The van der Waals surface area contributed by atoms with Crippen LogP contribution < -0.4 is 10.6 Å². The highest BCUT2D eigenvalue weighted by atomic mass is 32.1. The molecule has 1 aromatic rings. The van der Waals surface area contributed by atoms with Crippen molar-refractivity contribution in [1.82, 2.24) is 10.6 Å². The predicted octanol–water partition coefficient (Wildman–Crippen LogP) is 2.23. The summed E-state index contributed by atoms with van der Waals surface area (Å²) in [6, 6.07) is 7.28. The summed E-state index contributed by atoms with van der Waals surface area (Å²) in [7, 11) is 0. The lowest BCUT2D eigenvalue weighted by atomic mass is 10.1. The average Bonchev–Trinajstić information content (AvgIpc) is 2.33. The van der Waals surface area contributed by atoms with Crippen molar-refractivity contribution in [2.45, 2.75) is 39.3 Å². The van der Waals surface area contributed by atoms with Gasteiger partial charge in [0.05, 0.1) is 6.42 Å².